The molecule has 0 fully saturated rings. The molecular formula is C38H76Na2O7S. The van der Waals surface area contributed by atoms with Crippen LogP contribution in [0.5, 0.6) is 0 Å². The Hall–Kier alpha value is 0.850. The summed E-state index contributed by atoms with van der Waals surface area (Å²) in [4.78, 5) is 24.5. The van der Waals surface area contributed by atoms with E-state index >= 15 is 0 Å². The van der Waals surface area contributed by atoms with Crippen molar-refractivity contribution < 1.29 is 94.4 Å². The van der Waals surface area contributed by atoms with Crippen molar-refractivity contribution in [3.8, 4) is 0 Å². The maximum Gasteiger partial charge on any atom is 1.00 e. The number of aliphatic carboxylic acids is 1. The molecule has 0 saturated heterocycles. The van der Waals surface area contributed by atoms with Gasteiger partial charge in [0.25, 0.3) is 10.1 Å². The van der Waals surface area contributed by atoms with Gasteiger partial charge in [0, 0.05) is 0 Å². The van der Waals surface area contributed by atoms with E-state index in [2.05, 4.69) is 13.8 Å². The minimum Gasteiger partial charge on any atom is -1.00 e. The molecule has 0 spiro atoms. The van der Waals surface area contributed by atoms with Crippen LogP contribution in [0.3, 0.4) is 0 Å². The van der Waals surface area contributed by atoms with E-state index in [1.165, 1.54) is 135 Å². The third-order valence-corrected chi connectivity index (χ3v) is 11.0. The first-order valence-electron chi connectivity index (χ1n) is 19.6. The van der Waals surface area contributed by atoms with Gasteiger partial charge in [0.1, 0.15) is 0 Å². The van der Waals surface area contributed by atoms with Gasteiger partial charge >= 0.3 is 71.1 Å². The predicted molar refractivity (Wildman–Crippen MR) is 194 cm³/mol. The van der Waals surface area contributed by atoms with E-state index in [-0.39, 0.29) is 75.0 Å². The molecule has 0 aromatic rings. The van der Waals surface area contributed by atoms with Crippen molar-refractivity contribution in [2.24, 2.45) is 0 Å². The number of unbranched alkanes of at least 4 members (excludes halogenated alkanes) is 28. The van der Waals surface area contributed by atoms with E-state index in [0.717, 1.165) is 38.5 Å². The summed E-state index contributed by atoms with van der Waals surface area (Å²) in [5.74, 6) is -2.57. The quantitative estimate of drug-likeness (QED) is 0.0353. The van der Waals surface area contributed by atoms with Crippen molar-refractivity contribution in [1.82, 2.24) is 0 Å². The summed E-state index contributed by atoms with van der Waals surface area (Å²) < 4.78 is 37.6. The molecule has 0 aromatic heterocycles. The van der Waals surface area contributed by atoms with Gasteiger partial charge in [-0.15, -0.1) is 0 Å². The Kier molecular flexibility index (Phi) is 41.7. The van der Waals surface area contributed by atoms with Crippen molar-refractivity contribution >= 4 is 22.1 Å². The van der Waals surface area contributed by atoms with Gasteiger partial charge in [-0.05, 0) is 12.8 Å². The number of ether oxygens (including phenoxy) is 1. The largest absolute Gasteiger partial charge is 1.00 e. The van der Waals surface area contributed by atoms with Crippen LogP contribution in [0.15, 0.2) is 0 Å². The molecule has 0 radical (unpaired) electrons. The molecule has 0 rings (SSSR count). The average Bonchev–Trinajstić information content (AvgIpc) is 3.01. The van der Waals surface area contributed by atoms with Gasteiger partial charge in [-0.25, -0.2) is 0 Å². The van der Waals surface area contributed by atoms with Gasteiger partial charge in [-0.2, -0.15) is 8.42 Å². The van der Waals surface area contributed by atoms with E-state index in [4.69, 9.17) is 4.74 Å². The van der Waals surface area contributed by atoms with Gasteiger partial charge in [-0.3, -0.25) is 14.1 Å². The number of rotatable bonds is 36. The Labute approximate surface area is 344 Å². The Bertz CT molecular complexity index is 838. The number of carboxylic acid groups (broad SMARTS) is 1. The van der Waals surface area contributed by atoms with Gasteiger partial charge in [0.2, 0.25) is 4.75 Å². The van der Waals surface area contributed by atoms with Crippen LogP contribution in [0, 0.1) is 0 Å². The third-order valence-electron chi connectivity index (χ3n) is 9.47. The molecule has 0 aliphatic heterocycles. The first-order valence-corrected chi connectivity index (χ1v) is 21.0. The maximum absolute atomic E-state index is 12.9. The van der Waals surface area contributed by atoms with Crippen molar-refractivity contribution in [1.29, 1.82) is 0 Å². The number of hydrogen-bond donors (Lipinski definition) is 2. The van der Waals surface area contributed by atoms with E-state index < -0.39 is 33.2 Å². The van der Waals surface area contributed by atoms with Gasteiger partial charge in [-0.1, -0.05) is 200 Å². The molecule has 1 atom stereocenters. The molecule has 0 aliphatic carbocycles. The fourth-order valence-electron chi connectivity index (χ4n) is 6.38. The Morgan fingerprint density at radius 1 is 0.521 bits per heavy atom. The molecule has 0 aromatic carbocycles. The smallest absolute Gasteiger partial charge is 1.00 e. The molecule has 0 heterocycles. The average molecular weight is 723 g/mol. The summed E-state index contributed by atoms with van der Waals surface area (Å²) in [7, 11) is -4.97. The first kappa shape index (κ1) is 53.2. The van der Waals surface area contributed by atoms with Gasteiger partial charge < -0.3 is 12.7 Å². The van der Waals surface area contributed by atoms with Gasteiger partial charge in [0.05, 0.1) is 13.0 Å². The zero-order chi connectivity index (χ0) is 34.2. The van der Waals surface area contributed by atoms with E-state index in [9.17, 15) is 27.7 Å². The molecule has 1 unspecified atom stereocenters. The van der Waals surface area contributed by atoms with Crippen molar-refractivity contribution in [2.45, 2.75) is 224 Å². The third kappa shape index (κ3) is 30.5. The minimum atomic E-state index is -4.97. The van der Waals surface area contributed by atoms with Crippen molar-refractivity contribution in [2.75, 3.05) is 6.61 Å². The van der Waals surface area contributed by atoms with Crippen LogP contribution in [0.25, 0.3) is 0 Å². The maximum atomic E-state index is 12.9. The van der Waals surface area contributed by atoms with E-state index in [1.54, 1.807) is 0 Å². The van der Waals surface area contributed by atoms with Crippen LogP contribution in [-0.2, 0) is 24.4 Å². The zero-order valence-electron chi connectivity index (χ0n) is 34.2. The summed E-state index contributed by atoms with van der Waals surface area (Å²) in [5.41, 5.74) is 0. The molecule has 10 heteroatoms. The SMILES string of the molecule is CCCCCCCCCCCCCCCCCCC(CC(=O)O)(C(=O)OCCCCCCCCCCCCCCCC)S(=O)(=O)O.[H-].[H-].[Na+].[Na+]. The number of esters is 1. The summed E-state index contributed by atoms with van der Waals surface area (Å²) in [6, 6.07) is 0. The molecule has 7 nitrogen and oxygen atoms in total. The minimum absolute atomic E-state index is 0. The molecule has 2 N–H and O–H groups in total. The topological polar surface area (TPSA) is 118 Å². The Morgan fingerprint density at radius 3 is 1.06 bits per heavy atom. The Balaban J connectivity index is -0.00000169. The standard InChI is InChI=1S/C38H74O7S.2Na.2H/c1-3-5-7-9-11-13-15-17-19-20-21-23-25-27-29-31-33-38(35-36(39)40,46(42,43)44)37(41)45-34-32-30-28-26-24-22-18-16-14-12-10-8-6-4-2;;;;/h3-35H2,1-2H3,(H,39,40)(H,42,43,44);;;;/q;2*+1;2*-1. The molecule has 0 aliphatic rings. The number of carbonyl (C=O) groups is 2. The molecule has 0 saturated carbocycles. The zero-order valence-corrected chi connectivity index (χ0v) is 37.0. The molecule has 278 valence electrons. The number of hydrogen-bond acceptors (Lipinski definition) is 5. The van der Waals surface area contributed by atoms with E-state index in [0.29, 0.717) is 19.3 Å². The van der Waals surface area contributed by atoms with Crippen molar-refractivity contribution in [3.05, 3.63) is 0 Å². The van der Waals surface area contributed by atoms with Crippen LogP contribution in [0.4, 0.5) is 0 Å². The molecule has 48 heavy (non-hydrogen) atoms. The second-order valence-corrected chi connectivity index (χ2v) is 15.6. The van der Waals surface area contributed by atoms with Crippen LogP contribution in [-0.4, -0.2) is 41.4 Å². The summed E-state index contributed by atoms with van der Waals surface area (Å²) >= 11 is 0. The molecule has 0 bridgehead atoms. The Morgan fingerprint density at radius 2 is 0.792 bits per heavy atom. The fraction of sp³-hybridized carbons (Fsp3) is 0.947. The number of carbonyl (C=O) groups excluding carboxylic acids is 1. The number of carboxylic acids is 1. The predicted octanol–water partition coefficient (Wildman–Crippen LogP) is 6.00. The summed E-state index contributed by atoms with van der Waals surface area (Å²) in [6.07, 6.45) is 34.0. The first-order chi connectivity index (χ1) is 22.2. The van der Waals surface area contributed by atoms with Crippen molar-refractivity contribution in [3.63, 3.8) is 0 Å². The summed E-state index contributed by atoms with van der Waals surface area (Å²) in [5, 5.41) is 9.42. The second-order valence-electron chi connectivity index (χ2n) is 13.8. The fourth-order valence-corrected chi connectivity index (χ4v) is 7.36. The summed E-state index contributed by atoms with van der Waals surface area (Å²) in [6.45, 7) is 4.52. The van der Waals surface area contributed by atoms with E-state index in [1.807, 2.05) is 0 Å². The molecule has 0 amide bonds. The van der Waals surface area contributed by atoms with Crippen LogP contribution in [0.2, 0.25) is 0 Å². The normalized spacial score (nSPS) is 12.6. The van der Waals surface area contributed by atoms with Crippen LogP contribution >= 0.6 is 0 Å². The van der Waals surface area contributed by atoms with Crippen LogP contribution in [0.1, 0.15) is 222 Å². The monoisotopic (exact) mass is 723 g/mol. The molecular weight excluding hydrogens is 646 g/mol. The second kappa shape index (κ2) is 37.6. The van der Waals surface area contributed by atoms with Crippen LogP contribution < -0.4 is 59.1 Å². The van der Waals surface area contributed by atoms with Gasteiger partial charge in [0.15, 0.2) is 0 Å².